The van der Waals surface area contributed by atoms with Gasteiger partial charge in [0, 0.05) is 11.6 Å². The smallest absolute Gasteiger partial charge is 0.387 e. The van der Waals surface area contributed by atoms with Crippen LogP contribution >= 0.6 is 11.6 Å². The van der Waals surface area contributed by atoms with Gasteiger partial charge in [-0.15, -0.1) is 0 Å². The van der Waals surface area contributed by atoms with E-state index in [0.29, 0.717) is 0 Å². The standard InChI is InChI=1S/C10H7ClF2O3/c11-7-2-1-3-8(16-10(12)13)6(7)4-5-9(14)15/h1-5,10H,(H,14,15). The maximum atomic E-state index is 12.0. The molecule has 0 heterocycles. The minimum absolute atomic E-state index is 0.104. The Kier molecular flexibility index (Phi) is 4.25. The minimum Gasteiger partial charge on any atom is -0.478 e. The van der Waals surface area contributed by atoms with Crippen LogP contribution in [0.4, 0.5) is 8.78 Å². The van der Waals surface area contributed by atoms with E-state index in [2.05, 4.69) is 4.74 Å². The lowest BCUT2D eigenvalue weighted by Crippen LogP contribution is -2.03. The zero-order valence-electron chi connectivity index (χ0n) is 7.86. The van der Waals surface area contributed by atoms with Crippen LogP contribution in [0.25, 0.3) is 6.08 Å². The molecule has 0 aliphatic heterocycles. The van der Waals surface area contributed by atoms with E-state index >= 15 is 0 Å². The summed E-state index contributed by atoms with van der Waals surface area (Å²) in [6.45, 7) is -2.99. The van der Waals surface area contributed by atoms with Crippen LogP contribution in [-0.2, 0) is 4.79 Å². The van der Waals surface area contributed by atoms with Crippen LogP contribution in [0.2, 0.25) is 5.02 Å². The van der Waals surface area contributed by atoms with Crippen molar-refractivity contribution in [2.24, 2.45) is 0 Å². The van der Waals surface area contributed by atoms with Crippen LogP contribution in [0.5, 0.6) is 5.75 Å². The van der Waals surface area contributed by atoms with Crippen LogP contribution < -0.4 is 4.74 Å². The molecule has 0 amide bonds. The molecule has 0 spiro atoms. The van der Waals surface area contributed by atoms with Gasteiger partial charge in [-0.3, -0.25) is 0 Å². The number of alkyl halides is 2. The molecule has 0 fully saturated rings. The van der Waals surface area contributed by atoms with E-state index in [-0.39, 0.29) is 16.3 Å². The maximum absolute atomic E-state index is 12.0. The Bertz CT molecular complexity index is 419. The van der Waals surface area contributed by atoms with Gasteiger partial charge in [0.05, 0.1) is 5.02 Å². The summed E-state index contributed by atoms with van der Waals surface area (Å²) >= 11 is 5.73. The third-order valence-electron chi connectivity index (χ3n) is 1.62. The summed E-state index contributed by atoms with van der Waals surface area (Å²) in [4.78, 5) is 10.3. The minimum atomic E-state index is -2.99. The van der Waals surface area contributed by atoms with E-state index in [0.717, 1.165) is 12.2 Å². The van der Waals surface area contributed by atoms with Crippen LogP contribution in [0.1, 0.15) is 5.56 Å². The van der Waals surface area contributed by atoms with Crippen molar-refractivity contribution in [3.8, 4) is 5.75 Å². The monoisotopic (exact) mass is 248 g/mol. The zero-order valence-corrected chi connectivity index (χ0v) is 8.62. The molecule has 3 nitrogen and oxygen atoms in total. The summed E-state index contributed by atoms with van der Waals surface area (Å²) < 4.78 is 28.2. The van der Waals surface area contributed by atoms with Gasteiger partial charge >= 0.3 is 12.6 Å². The van der Waals surface area contributed by atoms with Crippen LogP contribution in [-0.4, -0.2) is 17.7 Å². The number of ether oxygens (including phenoxy) is 1. The van der Waals surface area contributed by atoms with Crippen molar-refractivity contribution in [3.05, 3.63) is 34.9 Å². The Labute approximate surface area is 94.9 Å². The lowest BCUT2D eigenvalue weighted by molar-refractivity contribution is -0.131. The number of hydrogen-bond acceptors (Lipinski definition) is 2. The highest BCUT2D eigenvalue weighted by Gasteiger charge is 2.10. The number of benzene rings is 1. The highest BCUT2D eigenvalue weighted by Crippen LogP contribution is 2.28. The summed E-state index contributed by atoms with van der Waals surface area (Å²) in [6, 6.07) is 4.15. The molecule has 0 aliphatic carbocycles. The number of carbonyl (C=O) groups is 1. The molecule has 6 heteroatoms. The molecule has 0 bridgehead atoms. The molecule has 1 aromatic carbocycles. The second-order valence-corrected chi connectivity index (χ2v) is 3.11. The number of aliphatic carboxylic acids is 1. The summed E-state index contributed by atoms with van der Waals surface area (Å²) in [5.74, 6) is -1.37. The molecule has 0 aliphatic rings. The number of carboxylic acids is 1. The van der Waals surface area contributed by atoms with E-state index in [4.69, 9.17) is 16.7 Å². The van der Waals surface area contributed by atoms with Gasteiger partial charge in [0.25, 0.3) is 0 Å². The second kappa shape index (κ2) is 5.46. The topological polar surface area (TPSA) is 46.5 Å². The van der Waals surface area contributed by atoms with Crippen molar-refractivity contribution in [2.75, 3.05) is 0 Å². The van der Waals surface area contributed by atoms with Crippen molar-refractivity contribution >= 4 is 23.6 Å². The molecule has 0 unspecified atom stereocenters. The number of halogens is 3. The second-order valence-electron chi connectivity index (χ2n) is 2.70. The largest absolute Gasteiger partial charge is 0.478 e. The van der Waals surface area contributed by atoms with E-state index in [1.807, 2.05) is 0 Å². The summed E-state index contributed by atoms with van der Waals surface area (Å²) in [5, 5.41) is 8.55. The van der Waals surface area contributed by atoms with Gasteiger partial charge in [-0.25, -0.2) is 4.79 Å². The third kappa shape index (κ3) is 3.51. The van der Waals surface area contributed by atoms with Gasteiger partial charge in [-0.2, -0.15) is 8.78 Å². The molecule has 1 rings (SSSR count). The molecule has 86 valence electrons. The van der Waals surface area contributed by atoms with E-state index < -0.39 is 12.6 Å². The average molecular weight is 249 g/mol. The number of hydrogen-bond donors (Lipinski definition) is 1. The van der Waals surface area contributed by atoms with Crippen LogP contribution in [0.3, 0.4) is 0 Å². The highest BCUT2D eigenvalue weighted by atomic mass is 35.5. The summed E-state index contributed by atoms with van der Waals surface area (Å²) in [7, 11) is 0. The molecule has 0 radical (unpaired) electrons. The Morgan fingerprint density at radius 3 is 2.75 bits per heavy atom. The van der Waals surface area contributed by atoms with Crippen LogP contribution in [0.15, 0.2) is 24.3 Å². The maximum Gasteiger partial charge on any atom is 0.387 e. The molecule has 0 saturated carbocycles. The lowest BCUT2D eigenvalue weighted by atomic mass is 10.2. The molecule has 0 aromatic heterocycles. The van der Waals surface area contributed by atoms with Gasteiger partial charge in [0.2, 0.25) is 0 Å². The Balaban J connectivity index is 3.08. The van der Waals surface area contributed by atoms with E-state index in [1.165, 1.54) is 18.2 Å². The molecule has 1 N–H and O–H groups in total. The Hall–Kier alpha value is -1.62. The van der Waals surface area contributed by atoms with Gasteiger partial charge in [0.1, 0.15) is 5.75 Å². The van der Waals surface area contributed by atoms with Gasteiger partial charge in [-0.1, -0.05) is 17.7 Å². The van der Waals surface area contributed by atoms with Gasteiger partial charge in [0.15, 0.2) is 0 Å². The molecule has 1 aromatic rings. The average Bonchev–Trinajstić information content (AvgIpc) is 2.15. The third-order valence-corrected chi connectivity index (χ3v) is 1.95. The van der Waals surface area contributed by atoms with Crippen molar-refractivity contribution in [3.63, 3.8) is 0 Å². The normalized spacial score (nSPS) is 11.0. The molecule has 0 atom stereocenters. The first-order chi connectivity index (χ1) is 7.50. The fourth-order valence-electron chi connectivity index (χ4n) is 1.03. The number of rotatable bonds is 4. The Morgan fingerprint density at radius 1 is 1.50 bits per heavy atom. The van der Waals surface area contributed by atoms with Crippen LogP contribution in [0, 0.1) is 0 Å². The summed E-state index contributed by atoms with van der Waals surface area (Å²) in [6.07, 6.45) is 1.89. The molecular weight excluding hydrogens is 242 g/mol. The SMILES string of the molecule is O=C(O)C=Cc1c(Cl)cccc1OC(F)F. The van der Waals surface area contributed by atoms with Crippen molar-refractivity contribution in [1.29, 1.82) is 0 Å². The summed E-state index contributed by atoms with van der Waals surface area (Å²) in [5.41, 5.74) is 0.104. The molecular formula is C10H7ClF2O3. The fourth-order valence-corrected chi connectivity index (χ4v) is 1.26. The first-order valence-corrected chi connectivity index (χ1v) is 4.53. The molecule has 16 heavy (non-hydrogen) atoms. The fraction of sp³-hybridized carbons (Fsp3) is 0.100. The van der Waals surface area contributed by atoms with Crippen molar-refractivity contribution < 1.29 is 23.4 Å². The van der Waals surface area contributed by atoms with Crippen molar-refractivity contribution in [1.82, 2.24) is 0 Å². The van der Waals surface area contributed by atoms with E-state index in [9.17, 15) is 13.6 Å². The number of carboxylic acid groups (broad SMARTS) is 1. The Morgan fingerprint density at radius 2 is 2.19 bits per heavy atom. The quantitative estimate of drug-likeness (QED) is 0.833. The zero-order chi connectivity index (χ0) is 12.1. The van der Waals surface area contributed by atoms with E-state index in [1.54, 1.807) is 0 Å². The lowest BCUT2D eigenvalue weighted by Gasteiger charge is -2.08. The first kappa shape index (κ1) is 12.4. The van der Waals surface area contributed by atoms with Crippen molar-refractivity contribution in [2.45, 2.75) is 6.61 Å². The van der Waals surface area contributed by atoms with Gasteiger partial charge in [-0.05, 0) is 18.2 Å². The highest BCUT2D eigenvalue weighted by molar-refractivity contribution is 6.32. The van der Waals surface area contributed by atoms with Gasteiger partial charge < -0.3 is 9.84 Å². The predicted molar refractivity (Wildman–Crippen MR) is 54.8 cm³/mol. The first-order valence-electron chi connectivity index (χ1n) is 4.15. The molecule has 0 saturated heterocycles. The predicted octanol–water partition coefficient (Wildman–Crippen LogP) is 3.04.